The van der Waals surface area contributed by atoms with Crippen LogP contribution >= 0.6 is 93.5 Å². The lowest BCUT2D eigenvalue weighted by Gasteiger charge is -2.28. The van der Waals surface area contributed by atoms with Crippen LogP contribution in [0.15, 0.2) is 176 Å². The Balaban J connectivity index is 0.000000167. The Morgan fingerprint density at radius 2 is 1.18 bits per heavy atom. The van der Waals surface area contributed by atoms with E-state index in [1.807, 2.05) is 69.7 Å². The van der Waals surface area contributed by atoms with Crippen LogP contribution in [0.4, 0.5) is 24.3 Å². The van der Waals surface area contributed by atoms with E-state index in [4.69, 9.17) is 4.18 Å². The van der Waals surface area contributed by atoms with E-state index < -0.39 is 7.54 Å². The number of nitrogens with zero attached hydrogens (tertiary/aromatic N) is 4. The number of thioether (sulfide) groups is 5. The molecule has 0 saturated carbocycles. The lowest BCUT2D eigenvalue weighted by molar-refractivity contribution is -0.642. The number of rotatable bonds is 9. The van der Waals surface area contributed by atoms with E-state index in [0.717, 1.165) is 17.9 Å². The lowest BCUT2D eigenvalue weighted by atomic mass is 9.77. The Kier molecular flexibility index (Phi) is 19.5. The molecule has 6 aromatic rings. The molecule has 2 unspecified atom stereocenters. The highest BCUT2D eigenvalue weighted by atomic mass is 32.2. The minimum Gasteiger partial charge on any atom is -1.00 e. The zero-order chi connectivity index (χ0) is 54.9. The molecule has 2 aromatic heterocycles. The van der Waals surface area contributed by atoms with Crippen molar-refractivity contribution in [2.24, 2.45) is 25.9 Å². The molecular weight excluding hydrogens is 1160 g/mol. The molecule has 4 aliphatic carbocycles. The zero-order valence-electron chi connectivity index (χ0n) is 46.0. The van der Waals surface area contributed by atoms with Crippen LogP contribution in [0.1, 0.15) is 73.9 Å². The van der Waals surface area contributed by atoms with Crippen molar-refractivity contribution in [3.8, 4) is 0 Å². The van der Waals surface area contributed by atoms with E-state index in [9.17, 15) is 12.9 Å². The number of aromatic nitrogens is 2. The molecule has 5 heterocycles. The van der Waals surface area contributed by atoms with Crippen LogP contribution in [0.5, 0.6) is 0 Å². The number of aryl methyl sites for hydroxylation is 3. The number of fused-ring (bicyclic) bond motifs is 7. The Bertz CT molecular complexity index is 3610. The van der Waals surface area contributed by atoms with Crippen LogP contribution in [0.25, 0.3) is 32.6 Å². The van der Waals surface area contributed by atoms with Gasteiger partial charge in [-0.05, 0) is 195 Å². The minimum atomic E-state index is -3.67. The number of thiazole rings is 2. The Labute approximate surface area is 502 Å². The van der Waals surface area contributed by atoms with Crippen molar-refractivity contribution in [2.45, 2.75) is 94.1 Å². The Morgan fingerprint density at radius 3 is 1.73 bits per heavy atom. The first-order valence-electron chi connectivity index (χ1n) is 26.9. The largest absolute Gasteiger partial charge is 1.00 e. The van der Waals surface area contributed by atoms with E-state index in [1.165, 1.54) is 179 Å². The third kappa shape index (κ3) is 13.0. The van der Waals surface area contributed by atoms with E-state index in [1.54, 1.807) is 24.4 Å². The van der Waals surface area contributed by atoms with Gasteiger partial charge in [-0.3, -0.25) is 12.9 Å². The summed E-state index contributed by atoms with van der Waals surface area (Å²) in [6, 6.07) is 25.1. The molecule has 7 aliphatic rings. The summed E-state index contributed by atoms with van der Waals surface area (Å²) in [7, 11) is 4.63. The summed E-state index contributed by atoms with van der Waals surface area (Å²) < 4.78 is 41.7. The topological polar surface area (TPSA) is 23.5 Å². The smallest absolute Gasteiger partial charge is 0.762 e. The van der Waals surface area contributed by atoms with Gasteiger partial charge in [-0.2, -0.15) is 9.13 Å². The van der Waals surface area contributed by atoms with Crippen molar-refractivity contribution in [1.82, 2.24) is 0 Å². The SMILES string of the molecule is CCN1/C(=C/C2=CC3=C/C(=C/c4sc5ccc(SC)cc5[n+]4C)CCC3CC2)Sc2cc3c(cc21)SCC3.COSc1ccc2c(c1)N(C)C(=CC1=CC3=CC(=Cc4sc5ccc(SC)cc5[n+]4C)CCC3CC1)S2.FB(F)F.[F-]. The van der Waals surface area contributed by atoms with Crippen molar-refractivity contribution in [1.29, 1.82) is 0 Å². The fourth-order valence-corrected chi connectivity index (χ4v) is 18.5. The number of halogens is 4. The third-order valence-electron chi connectivity index (χ3n) is 15.7. The minimum absolute atomic E-state index is 0. The molecular formula is C62H64BF4N4OS8+. The molecule has 80 heavy (non-hydrogen) atoms. The van der Waals surface area contributed by atoms with Gasteiger partial charge in [-0.25, -0.2) is 0 Å². The van der Waals surface area contributed by atoms with Gasteiger partial charge < -0.3 is 18.7 Å². The van der Waals surface area contributed by atoms with Crippen LogP contribution < -0.4 is 23.6 Å². The van der Waals surface area contributed by atoms with Crippen molar-refractivity contribution < 1.29 is 31.0 Å². The Morgan fingerprint density at radius 1 is 0.637 bits per heavy atom. The molecule has 0 saturated heterocycles. The molecule has 0 spiro atoms. The van der Waals surface area contributed by atoms with Crippen molar-refractivity contribution in [2.75, 3.05) is 48.8 Å². The normalized spacial score (nSPS) is 21.0. The van der Waals surface area contributed by atoms with E-state index in [0.29, 0.717) is 11.8 Å². The molecule has 3 aliphatic heterocycles. The number of anilines is 2. The molecule has 0 fully saturated rings. The van der Waals surface area contributed by atoms with Crippen molar-refractivity contribution in [3.05, 3.63) is 162 Å². The van der Waals surface area contributed by atoms with Gasteiger partial charge in [0.2, 0.25) is 11.0 Å². The molecule has 0 amide bonds. The molecule has 0 radical (unpaired) electrons. The zero-order valence-corrected chi connectivity index (χ0v) is 52.5. The second kappa shape index (κ2) is 26.3. The summed E-state index contributed by atoms with van der Waals surface area (Å²) in [5, 5.41) is 5.37. The first-order valence-corrected chi connectivity index (χ1v) is 34.3. The highest BCUT2D eigenvalue weighted by molar-refractivity contribution is 8.04. The van der Waals surface area contributed by atoms with Gasteiger partial charge in [0.15, 0.2) is 0 Å². The van der Waals surface area contributed by atoms with Crippen LogP contribution in [-0.2, 0) is 24.7 Å². The average Bonchev–Trinajstić information content (AvgIpc) is 4.30. The second-order valence-electron chi connectivity index (χ2n) is 20.5. The molecule has 4 aromatic carbocycles. The Hall–Kier alpha value is -3.98. The van der Waals surface area contributed by atoms with Gasteiger partial charge >= 0.3 is 7.54 Å². The standard InChI is InChI=1S/C32H33N2S4.C30H31N2OS4.BF3.FH/c1-4-34-27-19-29-23(11-12-36-29)17-30(27)38-32(34)16-21-6-8-22-7-5-20(13-24(22)14-21)15-31-33(2)26-18-25(35-3)9-10-28(26)37-31;1-31-25-17-23(34-4)9-11-27(25)35-29(31)15-19-5-7-21-8-6-20(14-22(21)13-19)16-30-32(2)26-18-24(37-33-3)10-12-28(26)36-30;2-1(3)4;/h9-10,13-19,22H,4-8,11-12H2,1-3H3;9-18,21H,5-8H2,1-4H3;;1H/q2*+1;;/p-1. The number of allylic oxidation sites excluding steroid dienone is 12. The highest BCUT2D eigenvalue weighted by Crippen LogP contribution is 2.52. The fourth-order valence-electron chi connectivity index (χ4n) is 11.5. The summed E-state index contributed by atoms with van der Waals surface area (Å²) in [6.07, 6.45) is 34.9. The average molecular weight is 1220 g/mol. The highest BCUT2D eigenvalue weighted by Gasteiger charge is 2.31. The summed E-state index contributed by atoms with van der Waals surface area (Å²) in [5.41, 5.74) is 15.8. The predicted octanol–water partition coefficient (Wildman–Crippen LogP) is 15.5. The molecule has 5 nitrogen and oxygen atoms in total. The number of hydrogen-bond acceptors (Lipinski definition) is 11. The van der Waals surface area contributed by atoms with Crippen LogP contribution in [0.3, 0.4) is 0 Å². The second-order valence-corrected chi connectivity index (χ2v) is 28.6. The van der Waals surface area contributed by atoms with Crippen LogP contribution in [0.2, 0.25) is 0 Å². The summed E-state index contributed by atoms with van der Waals surface area (Å²) >= 11 is 14.7. The molecule has 416 valence electrons. The molecule has 2 atom stereocenters. The fraction of sp³-hybridized carbons (Fsp3) is 0.323. The summed E-state index contributed by atoms with van der Waals surface area (Å²) in [5.74, 6) is 2.64. The van der Waals surface area contributed by atoms with Gasteiger partial charge in [0.1, 0.15) is 23.5 Å². The van der Waals surface area contributed by atoms with Crippen molar-refractivity contribution >= 4 is 145 Å². The van der Waals surface area contributed by atoms with Crippen LogP contribution in [-0.4, -0.2) is 46.5 Å². The monoisotopic (exact) mass is 1220 g/mol. The lowest BCUT2D eigenvalue weighted by Crippen LogP contribution is -3.00. The van der Waals surface area contributed by atoms with Crippen LogP contribution in [0, 0.1) is 11.8 Å². The molecule has 13 rings (SSSR count). The number of benzene rings is 4. The maximum Gasteiger partial charge on any atom is 0.762 e. The van der Waals surface area contributed by atoms with Gasteiger partial charge in [-0.15, -0.1) is 35.3 Å². The quantitative estimate of drug-likeness (QED) is 0.0461. The van der Waals surface area contributed by atoms with Gasteiger partial charge in [-0.1, -0.05) is 70.5 Å². The van der Waals surface area contributed by atoms with E-state index >= 15 is 0 Å². The van der Waals surface area contributed by atoms with E-state index in [2.05, 4.69) is 175 Å². The maximum atomic E-state index is 9.67. The molecule has 0 bridgehead atoms. The summed E-state index contributed by atoms with van der Waals surface area (Å²) in [6.45, 7) is 3.30. The van der Waals surface area contributed by atoms with E-state index in [-0.39, 0.29) is 4.70 Å². The third-order valence-corrected chi connectivity index (χ3v) is 23.5. The number of hydrogen-bond donors (Lipinski definition) is 0. The van der Waals surface area contributed by atoms with Gasteiger partial charge in [0.05, 0.1) is 28.5 Å². The van der Waals surface area contributed by atoms with Gasteiger partial charge in [0, 0.05) is 85.0 Å². The first kappa shape index (κ1) is 59.2. The van der Waals surface area contributed by atoms with Gasteiger partial charge in [0.25, 0.3) is 10.0 Å². The molecule has 18 heteroatoms. The first-order chi connectivity index (χ1) is 38.3. The maximum absolute atomic E-state index is 9.67. The van der Waals surface area contributed by atoms with Crippen molar-refractivity contribution in [3.63, 3.8) is 0 Å². The predicted molar refractivity (Wildman–Crippen MR) is 340 cm³/mol. The summed E-state index contributed by atoms with van der Waals surface area (Å²) in [4.78, 5) is 12.9. The molecule has 0 N–H and O–H groups in total.